The van der Waals surface area contributed by atoms with Crippen molar-refractivity contribution >= 4 is 17.3 Å². The van der Waals surface area contributed by atoms with Crippen LogP contribution in [-0.4, -0.2) is 44.6 Å². The summed E-state index contributed by atoms with van der Waals surface area (Å²) in [4.78, 5) is 13.2. The van der Waals surface area contributed by atoms with Gasteiger partial charge in [-0.05, 0) is 12.1 Å². The number of aliphatic hydroxyl groups is 1. The van der Waals surface area contributed by atoms with E-state index in [9.17, 15) is 4.79 Å². The van der Waals surface area contributed by atoms with Gasteiger partial charge < -0.3 is 19.9 Å². The number of carbonyl (C=O) groups is 1. The number of nitrogens with one attached hydrogen (secondary N) is 1. The Morgan fingerprint density at radius 1 is 1.44 bits per heavy atom. The van der Waals surface area contributed by atoms with Crippen molar-refractivity contribution in [2.75, 3.05) is 27.4 Å². The van der Waals surface area contributed by atoms with E-state index in [1.54, 1.807) is 18.4 Å². The third-order valence-electron chi connectivity index (χ3n) is 2.42. The molecule has 5 nitrogen and oxygen atoms in total. The van der Waals surface area contributed by atoms with Crippen LogP contribution in [0.15, 0.2) is 12.1 Å². The standard InChI is InChI=1S/C12H19NO4S/c1-16-8-9(7-14)13-6-11-4-3-10(18-11)5-12(15)17-2/h3-4,9,13-14H,5-8H2,1-2H3. The van der Waals surface area contributed by atoms with Crippen molar-refractivity contribution < 1.29 is 19.4 Å². The van der Waals surface area contributed by atoms with Gasteiger partial charge in [0.1, 0.15) is 0 Å². The molecular formula is C12H19NO4S. The molecular weight excluding hydrogens is 254 g/mol. The van der Waals surface area contributed by atoms with Crippen LogP contribution in [0.4, 0.5) is 0 Å². The van der Waals surface area contributed by atoms with E-state index >= 15 is 0 Å². The van der Waals surface area contributed by atoms with Gasteiger partial charge in [-0.3, -0.25) is 4.79 Å². The van der Waals surface area contributed by atoms with Crippen LogP contribution in [0.25, 0.3) is 0 Å². The summed E-state index contributed by atoms with van der Waals surface area (Å²) in [6.07, 6.45) is 0.308. The summed E-state index contributed by atoms with van der Waals surface area (Å²) in [6.45, 7) is 1.16. The Morgan fingerprint density at radius 3 is 2.78 bits per heavy atom. The van der Waals surface area contributed by atoms with Crippen LogP contribution in [0, 0.1) is 0 Å². The number of hydrogen-bond donors (Lipinski definition) is 2. The van der Waals surface area contributed by atoms with Gasteiger partial charge in [0.15, 0.2) is 0 Å². The topological polar surface area (TPSA) is 67.8 Å². The number of methoxy groups -OCH3 is 2. The molecule has 2 N–H and O–H groups in total. The van der Waals surface area contributed by atoms with Gasteiger partial charge in [0, 0.05) is 23.4 Å². The van der Waals surface area contributed by atoms with Crippen LogP contribution in [0.2, 0.25) is 0 Å². The van der Waals surface area contributed by atoms with E-state index in [-0.39, 0.29) is 18.6 Å². The van der Waals surface area contributed by atoms with Crippen molar-refractivity contribution in [2.45, 2.75) is 19.0 Å². The van der Waals surface area contributed by atoms with Crippen LogP contribution >= 0.6 is 11.3 Å². The van der Waals surface area contributed by atoms with Gasteiger partial charge in [-0.1, -0.05) is 0 Å². The highest BCUT2D eigenvalue weighted by molar-refractivity contribution is 7.12. The zero-order chi connectivity index (χ0) is 13.4. The van der Waals surface area contributed by atoms with E-state index in [2.05, 4.69) is 10.1 Å². The number of carbonyl (C=O) groups excluding carboxylic acids is 1. The molecule has 0 fully saturated rings. The van der Waals surface area contributed by atoms with Crippen molar-refractivity contribution in [2.24, 2.45) is 0 Å². The van der Waals surface area contributed by atoms with E-state index in [0.29, 0.717) is 19.6 Å². The van der Waals surface area contributed by atoms with E-state index < -0.39 is 0 Å². The van der Waals surface area contributed by atoms with Gasteiger partial charge in [0.2, 0.25) is 0 Å². The number of esters is 1. The van der Waals surface area contributed by atoms with Gasteiger partial charge in [0.25, 0.3) is 0 Å². The smallest absolute Gasteiger partial charge is 0.310 e. The third kappa shape index (κ3) is 5.14. The minimum Gasteiger partial charge on any atom is -0.469 e. The van der Waals surface area contributed by atoms with Crippen LogP contribution in [-0.2, 0) is 27.2 Å². The van der Waals surface area contributed by atoms with Crippen molar-refractivity contribution in [3.8, 4) is 0 Å². The number of thiophene rings is 1. The van der Waals surface area contributed by atoms with Gasteiger partial charge >= 0.3 is 5.97 Å². The van der Waals surface area contributed by atoms with Gasteiger partial charge in [0.05, 0.1) is 32.8 Å². The molecule has 1 aromatic heterocycles. The maximum Gasteiger partial charge on any atom is 0.310 e. The van der Waals surface area contributed by atoms with Gasteiger partial charge in [-0.25, -0.2) is 0 Å². The molecule has 6 heteroatoms. The SMILES string of the molecule is COCC(CO)NCc1ccc(CC(=O)OC)s1. The average molecular weight is 273 g/mol. The molecule has 1 aromatic rings. The van der Waals surface area contributed by atoms with E-state index in [1.165, 1.54) is 7.11 Å². The first kappa shape index (κ1) is 15.1. The van der Waals surface area contributed by atoms with Crippen LogP contribution in [0.5, 0.6) is 0 Å². The summed E-state index contributed by atoms with van der Waals surface area (Å²) in [5.41, 5.74) is 0. The number of ether oxygens (including phenoxy) is 2. The van der Waals surface area contributed by atoms with Crippen LogP contribution < -0.4 is 5.32 Å². The molecule has 0 spiro atoms. The van der Waals surface area contributed by atoms with E-state index in [1.807, 2.05) is 12.1 Å². The normalized spacial score (nSPS) is 12.4. The largest absolute Gasteiger partial charge is 0.469 e. The Morgan fingerprint density at radius 2 is 2.17 bits per heavy atom. The Hall–Kier alpha value is -0.950. The molecule has 1 atom stereocenters. The Kier molecular flexibility index (Phi) is 6.89. The Balaban J connectivity index is 2.41. The highest BCUT2D eigenvalue weighted by Gasteiger charge is 2.09. The number of rotatable bonds is 8. The van der Waals surface area contributed by atoms with E-state index in [4.69, 9.17) is 9.84 Å². The molecule has 102 valence electrons. The Bertz CT molecular complexity index is 367. The summed E-state index contributed by atoms with van der Waals surface area (Å²) >= 11 is 1.56. The van der Waals surface area contributed by atoms with Gasteiger partial charge in [-0.2, -0.15) is 0 Å². The van der Waals surface area contributed by atoms with Crippen molar-refractivity contribution in [3.63, 3.8) is 0 Å². The highest BCUT2D eigenvalue weighted by Crippen LogP contribution is 2.17. The predicted octanol–water partition coefficient (Wildman–Crippen LogP) is 0.560. The fourth-order valence-electron chi connectivity index (χ4n) is 1.45. The molecule has 0 saturated heterocycles. The molecule has 18 heavy (non-hydrogen) atoms. The minimum atomic E-state index is -0.232. The molecule has 1 heterocycles. The molecule has 1 unspecified atom stereocenters. The van der Waals surface area contributed by atoms with Crippen molar-refractivity contribution in [1.29, 1.82) is 0 Å². The second kappa shape index (κ2) is 8.20. The first-order valence-corrected chi connectivity index (χ1v) is 6.48. The molecule has 0 aromatic carbocycles. The summed E-state index contributed by atoms with van der Waals surface area (Å²) in [6, 6.07) is 3.82. The van der Waals surface area contributed by atoms with Crippen molar-refractivity contribution in [3.05, 3.63) is 21.9 Å². The molecule has 0 aliphatic heterocycles. The zero-order valence-electron chi connectivity index (χ0n) is 10.6. The summed E-state index contributed by atoms with van der Waals surface area (Å²) in [5, 5.41) is 12.3. The lowest BCUT2D eigenvalue weighted by Crippen LogP contribution is -2.35. The maximum atomic E-state index is 11.1. The lowest BCUT2D eigenvalue weighted by atomic mass is 10.3. The molecule has 1 rings (SSSR count). The zero-order valence-corrected chi connectivity index (χ0v) is 11.5. The second-order valence-electron chi connectivity index (χ2n) is 3.84. The first-order chi connectivity index (χ1) is 8.69. The monoisotopic (exact) mass is 273 g/mol. The molecule has 0 saturated carbocycles. The fourth-order valence-corrected chi connectivity index (χ4v) is 2.40. The lowest BCUT2D eigenvalue weighted by Gasteiger charge is -2.14. The molecule has 0 aliphatic rings. The molecule has 0 amide bonds. The summed E-state index contributed by atoms with van der Waals surface area (Å²) in [7, 11) is 2.99. The Labute approximate surface area is 111 Å². The van der Waals surface area contributed by atoms with E-state index in [0.717, 1.165) is 9.75 Å². The third-order valence-corrected chi connectivity index (χ3v) is 3.50. The van der Waals surface area contributed by atoms with Crippen molar-refractivity contribution in [1.82, 2.24) is 5.32 Å². The highest BCUT2D eigenvalue weighted by atomic mass is 32.1. The fraction of sp³-hybridized carbons (Fsp3) is 0.583. The average Bonchev–Trinajstić information content (AvgIpc) is 2.81. The summed E-state index contributed by atoms with van der Waals surface area (Å²) in [5.74, 6) is -0.232. The van der Waals surface area contributed by atoms with Gasteiger partial charge in [-0.15, -0.1) is 11.3 Å². The minimum absolute atomic E-state index is 0.0359. The number of hydrogen-bond acceptors (Lipinski definition) is 6. The second-order valence-corrected chi connectivity index (χ2v) is 5.09. The summed E-state index contributed by atoms with van der Waals surface area (Å²) < 4.78 is 9.59. The number of aliphatic hydroxyl groups excluding tert-OH is 1. The molecule has 0 aliphatic carbocycles. The predicted molar refractivity (Wildman–Crippen MR) is 69.6 cm³/mol. The molecule has 0 bridgehead atoms. The quantitative estimate of drug-likeness (QED) is 0.677. The van der Waals surface area contributed by atoms with Crippen LogP contribution in [0.3, 0.4) is 0 Å². The first-order valence-electron chi connectivity index (χ1n) is 5.67. The lowest BCUT2D eigenvalue weighted by molar-refractivity contribution is -0.139. The van der Waals surface area contributed by atoms with Crippen LogP contribution in [0.1, 0.15) is 9.75 Å². The molecule has 0 radical (unpaired) electrons. The maximum absolute atomic E-state index is 11.1.